The molecular formula is C13H11N5O2. The second-order valence-corrected chi connectivity index (χ2v) is 4.40. The lowest BCUT2D eigenvalue weighted by molar-refractivity contribution is 0.101. The number of aromatic nitrogens is 5. The summed E-state index contributed by atoms with van der Waals surface area (Å²) in [5, 5.41) is 8.13. The van der Waals surface area contributed by atoms with Crippen LogP contribution >= 0.6 is 0 Å². The summed E-state index contributed by atoms with van der Waals surface area (Å²) in [5.41, 5.74) is 0.960. The van der Waals surface area contributed by atoms with E-state index in [2.05, 4.69) is 15.2 Å². The monoisotopic (exact) mass is 269 g/mol. The van der Waals surface area contributed by atoms with Crippen LogP contribution in [0.4, 0.5) is 0 Å². The minimum atomic E-state index is -0.646. The largest absolute Gasteiger partial charge is 0.304 e. The standard InChI is InChI=1S/C13H11N5O2/c1-8-5-3-4-6-10(8)18-13-15-12(20)11(9(2)19)16-17(13)7-14-18/h3-7H,1-2H3. The van der Waals surface area contributed by atoms with Gasteiger partial charge in [0.2, 0.25) is 0 Å². The molecule has 2 heterocycles. The number of carbonyl (C=O) groups is 1. The van der Waals surface area contributed by atoms with Gasteiger partial charge in [-0.3, -0.25) is 9.59 Å². The van der Waals surface area contributed by atoms with Crippen molar-refractivity contribution < 1.29 is 4.79 Å². The number of hydrogen-bond donors (Lipinski definition) is 0. The Morgan fingerprint density at radius 2 is 2.00 bits per heavy atom. The van der Waals surface area contributed by atoms with Gasteiger partial charge in [0.05, 0.1) is 5.69 Å². The fraction of sp³-hybridized carbons (Fsp3) is 0.154. The number of rotatable bonds is 2. The highest BCUT2D eigenvalue weighted by atomic mass is 16.1. The van der Waals surface area contributed by atoms with Crippen molar-refractivity contribution in [1.29, 1.82) is 0 Å². The third-order valence-electron chi connectivity index (χ3n) is 2.96. The Balaban J connectivity index is 2.30. The first-order valence-corrected chi connectivity index (χ1v) is 5.99. The van der Waals surface area contributed by atoms with Gasteiger partial charge in [0.15, 0.2) is 11.5 Å². The predicted molar refractivity (Wildman–Crippen MR) is 71.1 cm³/mol. The van der Waals surface area contributed by atoms with Crippen molar-refractivity contribution in [1.82, 2.24) is 24.4 Å². The molecular weight excluding hydrogens is 258 g/mol. The average Bonchev–Trinajstić information content (AvgIpc) is 2.81. The van der Waals surface area contributed by atoms with Gasteiger partial charge >= 0.3 is 5.56 Å². The number of aryl methyl sites for hydroxylation is 1. The van der Waals surface area contributed by atoms with Crippen LogP contribution in [0, 0.1) is 6.92 Å². The Hall–Kier alpha value is -2.83. The van der Waals surface area contributed by atoms with E-state index in [1.54, 1.807) is 0 Å². The minimum absolute atomic E-state index is 0.188. The van der Waals surface area contributed by atoms with E-state index in [1.165, 1.54) is 22.4 Å². The average molecular weight is 269 g/mol. The Bertz CT molecular complexity index is 878. The molecule has 7 heteroatoms. The van der Waals surface area contributed by atoms with Gasteiger partial charge in [-0.25, -0.2) is 0 Å². The lowest BCUT2D eigenvalue weighted by Gasteiger charge is -2.05. The number of para-hydroxylation sites is 1. The number of Topliss-reactive ketones (excluding diaryl/α,β-unsaturated/α-hetero) is 1. The summed E-state index contributed by atoms with van der Waals surface area (Å²) in [5.74, 6) is -0.144. The highest BCUT2D eigenvalue weighted by Gasteiger charge is 2.14. The molecule has 0 saturated heterocycles. The van der Waals surface area contributed by atoms with Gasteiger partial charge in [-0.1, -0.05) is 18.2 Å². The van der Waals surface area contributed by atoms with E-state index in [4.69, 9.17) is 0 Å². The van der Waals surface area contributed by atoms with Crippen molar-refractivity contribution in [2.45, 2.75) is 13.8 Å². The summed E-state index contributed by atoms with van der Waals surface area (Å²) in [6, 6.07) is 7.59. The first-order valence-electron chi connectivity index (χ1n) is 5.99. The number of carbonyl (C=O) groups excluding carboxylic acids is 1. The lowest BCUT2D eigenvalue weighted by Crippen LogP contribution is -2.22. The topological polar surface area (TPSA) is 82.2 Å². The van der Waals surface area contributed by atoms with Crippen molar-refractivity contribution >= 4 is 11.6 Å². The van der Waals surface area contributed by atoms with Gasteiger partial charge in [0.1, 0.15) is 6.33 Å². The number of hydrogen-bond acceptors (Lipinski definition) is 5. The Morgan fingerprint density at radius 3 is 2.70 bits per heavy atom. The second kappa shape index (κ2) is 4.37. The first kappa shape index (κ1) is 12.2. The number of nitrogens with zero attached hydrogens (tertiary/aromatic N) is 5. The number of fused-ring (bicyclic) bond motifs is 1. The van der Waals surface area contributed by atoms with Crippen LogP contribution in [0.3, 0.4) is 0 Å². The molecule has 1 aromatic carbocycles. The quantitative estimate of drug-likeness (QED) is 0.642. The van der Waals surface area contributed by atoms with E-state index < -0.39 is 11.3 Å². The van der Waals surface area contributed by atoms with Crippen molar-refractivity contribution in [2.24, 2.45) is 0 Å². The zero-order valence-corrected chi connectivity index (χ0v) is 10.9. The highest BCUT2D eigenvalue weighted by molar-refractivity contribution is 5.91. The van der Waals surface area contributed by atoms with Crippen LogP contribution in [0.1, 0.15) is 23.0 Å². The highest BCUT2D eigenvalue weighted by Crippen LogP contribution is 2.13. The molecule has 100 valence electrons. The fourth-order valence-electron chi connectivity index (χ4n) is 1.96. The molecule has 0 unspecified atom stereocenters. The Kier molecular flexibility index (Phi) is 2.67. The van der Waals surface area contributed by atoms with Gasteiger partial charge < -0.3 is 0 Å². The molecule has 0 N–H and O–H groups in total. The molecule has 0 amide bonds. The lowest BCUT2D eigenvalue weighted by atomic mass is 10.2. The van der Waals surface area contributed by atoms with E-state index in [9.17, 15) is 9.59 Å². The van der Waals surface area contributed by atoms with E-state index >= 15 is 0 Å². The van der Waals surface area contributed by atoms with Crippen LogP contribution in [0.2, 0.25) is 0 Å². The molecule has 0 aliphatic rings. The van der Waals surface area contributed by atoms with Gasteiger partial charge in [-0.15, -0.1) is 0 Å². The zero-order chi connectivity index (χ0) is 14.3. The first-order chi connectivity index (χ1) is 9.58. The minimum Gasteiger partial charge on any atom is -0.292 e. The predicted octanol–water partition coefficient (Wildman–Crippen LogP) is 0.786. The number of ketones is 1. The molecule has 0 radical (unpaired) electrons. The molecule has 20 heavy (non-hydrogen) atoms. The Labute approximate surface area is 113 Å². The molecule has 0 spiro atoms. The summed E-state index contributed by atoms with van der Waals surface area (Å²) in [6.45, 7) is 3.21. The van der Waals surface area contributed by atoms with Crippen molar-refractivity contribution in [2.75, 3.05) is 0 Å². The van der Waals surface area contributed by atoms with Crippen LogP contribution in [-0.2, 0) is 0 Å². The van der Waals surface area contributed by atoms with Crippen molar-refractivity contribution in [3.8, 4) is 5.69 Å². The van der Waals surface area contributed by atoms with Crippen LogP contribution in [-0.4, -0.2) is 30.2 Å². The van der Waals surface area contributed by atoms with E-state index in [-0.39, 0.29) is 11.5 Å². The van der Waals surface area contributed by atoms with Crippen molar-refractivity contribution in [3.63, 3.8) is 0 Å². The van der Waals surface area contributed by atoms with Gasteiger partial charge in [0.25, 0.3) is 5.78 Å². The molecule has 3 rings (SSSR count). The van der Waals surface area contributed by atoms with Crippen LogP contribution in [0.5, 0.6) is 0 Å². The van der Waals surface area contributed by atoms with Crippen molar-refractivity contribution in [3.05, 3.63) is 52.2 Å². The normalized spacial score (nSPS) is 10.9. The molecule has 0 bridgehead atoms. The number of benzene rings is 1. The summed E-state index contributed by atoms with van der Waals surface area (Å²) >= 11 is 0. The van der Waals surface area contributed by atoms with Crippen LogP contribution in [0.25, 0.3) is 11.5 Å². The third kappa shape index (κ3) is 1.80. The maximum atomic E-state index is 11.8. The molecule has 0 fully saturated rings. The Morgan fingerprint density at radius 1 is 1.25 bits per heavy atom. The molecule has 7 nitrogen and oxygen atoms in total. The zero-order valence-electron chi connectivity index (χ0n) is 10.9. The molecule has 2 aromatic heterocycles. The third-order valence-corrected chi connectivity index (χ3v) is 2.96. The fourth-order valence-corrected chi connectivity index (χ4v) is 1.96. The van der Waals surface area contributed by atoms with Gasteiger partial charge in [0, 0.05) is 6.92 Å². The summed E-state index contributed by atoms with van der Waals surface area (Å²) in [6.07, 6.45) is 1.42. The molecule has 0 saturated carbocycles. The van der Waals surface area contributed by atoms with Crippen LogP contribution in [0.15, 0.2) is 35.4 Å². The molecule has 0 aliphatic carbocycles. The molecule has 0 aliphatic heterocycles. The van der Waals surface area contributed by atoms with E-state index in [1.807, 2.05) is 31.2 Å². The molecule has 3 aromatic rings. The SMILES string of the molecule is CC(=O)c1nn2cnn(-c3ccccc3C)c2nc1=O. The maximum Gasteiger partial charge on any atom is 0.304 e. The summed E-state index contributed by atoms with van der Waals surface area (Å²) < 4.78 is 2.85. The smallest absolute Gasteiger partial charge is 0.292 e. The molecule has 0 atom stereocenters. The van der Waals surface area contributed by atoms with Gasteiger partial charge in [-0.2, -0.15) is 24.4 Å². The van der Waals surface area contributed by atoms with Gasteiger partial charge in [-0.05, 0) is 18.6 Å². The van der Waals surface area contributed by atoms with E-state index in [0.29, 0.717) is 0 Å². The second-order valence-electron chi connectivity index (χ2n) is 4.40. The summed E-state index contributed by atoms with van der Waals surface area (Å²) in [7, 11) is 0. The van der Waals surface area contributed by atoms with E-state index in [0.717, 1.165) is 11.3 Å². The summed E-state index contributed by atoms with van der Waals surface area (Å²) in [4.78, 5) is 27.0. The maximum absolute atomic E-state index is 11.8. The van der Waals surface area contributed by atoms with Crippen LogP contribution < -0.4 is 5.56 Å².